The van der Waals surface area contributed by atoms with E-state index in [0.717, 1.165) is 5.56 Å². The van der Waals surface area contributed by atoms with Crippen LogP contribution in [0.3, 0.4) is 0 Å². The Morgan fingerprint density at radius 2 is 1.41 bits per heavy atom. The number of hydrogen-bond acceptors (Lipinski definition) is 5. The molecule has 0 saturated heterocycles. The van der Waals surface area contributed by atoms with E-state index in [4.69, 9.17) is 0 Å². The number of nitrogens with zero attached hydrogens (tertiary/aromatic N) is 1. The summed E-state index contributed by atoms with van der Waals surface area (Å²) < 4.78 is 0. The summed E-state index contributed by atoms with van der Waals surface area (Å²) in [5.41, 5.74) is 3.46. The minimum Gasteiger partial charge on any atom is -0.372 e. The molecule has 0 aliphatic rings. The normalized spacial score (nSPS) is 11.6. The highest BCUT2D eigenvalue weighted by Gasteiger charge is 2.39. The standard InChI is InChI=1S/C27H23N3O3S/c1-19(20-14-16-23(17-15-20)28-25(31)24-13-8-18-34-24)29-30-26(32)27(33,21-9-4-2-5-10-21)22-11-6-3-7-12-22/h2-18,33H,1H3,(H,28,31)(H,30,32)/b29-19-. The highest BCUT2D eigenvalue weighted by Crippen LogP contribution is 2.30. The second kappa shape index (κ2) is 10.2. The monoisotopic (exact) mass is 469 g/mol. The fourth-order valence-electron chi connectivity index (χ4n) is 3.46. The summed E-state index contributed by atoms with van der Waals surface area (Å²) in [5, 5.41) is 20.4. The lowest BCUT2D eigenvalue weighted by Gasteiger charge is -2.27. The highest BCUT2D eigenvalue weighted by molar-refractivity contribution is 7.12. The van der Waals surface area contributed by atoms with E-state index >= 15 is 0 Å². The van der Waals surface area contributed by atoms with Crippen LogP contribution in [0.2, 0.25) is 0 Å². The van der Waals surface area contributed by atoms with Crippen LogP contribution in [0, 0.1) is 0 Å². The van der Waals surface area contributed by atoms with Crippen molar-refractivity contribution in [1.29, 1.82) is 0 Å². The van der Waals surface area contributed by atoms with Gasteiger partial charge in [-0.1, -0.05) is 78.9 Å². The van der Waals surface area contributed by atoms with E-state index in [2.05, 4.69) is 15.8 Å². The number of aliphatic hydroxyl groups is 1. The number of benzene rings is 3. The van der Waals surface area contributed by atoms with Crippen molar-refractivity contribution in [3.05, 3.63) is 124 Å². The minimum atomic E-state index is -1.90. The number of nitrogens with one attached hydrogen (secondary N) is 2. The quantitative estimate of drug-likeness (QED) is 0.269. The molecule has 0 aliphatic carbocycles. The molecule has 4 aromatic rings. The molecule has 34 heavy (non-hydrogen) atoms. The number of anilines is 1. The second-order valence-corrected chi connectivity index (χ2v) is 8.54. The number of carbonyl (C=O) groups is 2. The molecule has 0 bridgehead atoms. The number of thiophene rings is 1. The van der Waals surface area contributed by atoms with E-state index < -0.39 is 11.5 Å². The number of hydrogen-bond donors (Lipinski definition) is 3. The largest absolute Gasteiger partial charge is 0.372 e. The molecule has 0 unspecified atom stereocenters. The molecule has 0 atom stereocenters. The number of rotatable bonds is 7. The summed E-state index contributed by atoms with van der Waals surface area (Å²) in [4.78, 5) is 26.0. The van der Waals surface area contributed by atoms with E-state index in [1.165, 1.54) is 11.3 Å². The smallest absolute Gasteiger partial charge is 0.281 e. The summed E-state index contributed by atoms with van der Waals surface area (Å²) in [7, 11) is 0. The van der Waals surface area contributed by atoms with Gasteiger partial charge in [0.1, 0.15) is 0 Å². The Labute approximate surface area is 201 Å². The van der Waals surface area contributed by atoms with Gasteiger partial charge >= 0.3 is 0 Å². The maximum atomic E-state index is 13.2. The Kier molecular flexibility index (Phi) is 6.96. The number of amides is 2. The van der Waals surface area contributed by atoms with Crippen molar-refractivity contribution in [2.75, 3.05) is 5.32 Å². The van der Waals surface area contributed by atoms with E-state index in [9.17, 15) is 14.7 Å². The summed E-state index contributed by atoms with van der Waals surface area (Å²) in [6.07, 6.45) is 0. The number of hydrazone groups is 1. The zero-order chi connectivity index (χ0) is 24.0. The van der Waals surface area contributed by atoms with Crippen LogP contribution in [0.1, 0.15) is 33.3 Å². The number of carbonyl (C=O) groups excluding carboxylic acids is 2. The van der Waals surface area contributed by atoms with E-state index in [0.29, 0.717) is 27.4 Å². The summed E-state index contributed by atoms with van der Waals surface area (Å²) in [6.45, 7) is 1.75. The molecule has 3 N–H and O–H groups in total. The topological polar surface area (TPSA) is 90.8 Å². The van der Waals surface area contributed by atoms with Gasteiger partial charge in [0.15, 0.2) is 5.60 Å². The molecular weight excluding hydrogens is 446 g/mol. The zero-order valence-corrected chi connectivity index (χ0v) is 19.3. The molecule has 0 fully saturated rings. The lowest BCUT2D eigenvalue weighted by Crippen LogP contribution is -2.43. The molecule has 4 rings (SSSR count). The minimum absolute atomic E-state index is 0.165. The first-order chi connectivity index (χ1) is 16.5. The van der Waals surface area contributed by atoms with Crippen molar-refractivity contribution in [2.24, 2.45) is 5.10 Å². The van der Waals surface area contributed by atoms with Gasteiger partial charge in [0.2, 0.25) is 0 Å². The van der Waals surface area contributed by atoms with Gasteiger partial charge in [-0.3, -0.25) is 9.59 Å². The van der Waals surface area contributed by atoms with Crippen molar-refractivity contribution >= 4 is 34.6 Å². The van der Waals surface area contributed by atoms with Gasteiger partial charge in [-0.15, -0.1) is 11.3 Å². The molecule has 0 radical (unpaired) electrons. The SMILES string of the molecule is C/C(=N/NC(=O)C(O)(c1ccccc1)c1ccccc1)c1ccc(NC(=O)c2cccs2)cc1. The molecule has 3 aromatic carbocycles. The first kappa shape index (κ1) is 23.1. The van der Waals surface area contributed by atoms with E-state index in [1.54, 1.807) is 85.8 Å². The van der Waals surface area contributed by atoms with Gasteiger partial charge in [0.05, 0.1) is 10.6 Å². The summed E-state index contributed by atoms with van der Waals surface area (Å²) in [6, 6.07) is 28.2. The molecule has 6 nitrogen and oxygen atoms in total. The van der Waals surface area contributed by atoms with Gasteiger partial charge in [-0.2, -0.15) is 5.10 Å². The van der Waals surface area contributed by atoms with Gasteiger partial charge in [0, 0.05) is 5.69 Å². The maximum Gasteiger partial charge on any atom is 0.281 e. The molecule has 0 saturated carbocycles. The average molecular weight is 470 g/mol. The van der Waals surface area contributed by atoms with Gasteiger partial charge in [-0.05, 0) is 47.2 Å². The fourth-order valence-corrected chi connectivity index (χ4v) is 4.08. The molecule has 170 valence electrons. The van der Waals surface area contributed by atoms with Crippen LogP contribution < -0.4 is 10.7 Å². The van der Waals surface area contributed by atoms with Crippen LogP contribution >= 0.6 is 11.3 Å². The first-order valence-electron chi connectivity index (χ1n) is 10.6. The van der Waals surface area contributed by atoms with Crippen LogP contribution in [0.15, 0.2) is 108 Å². The molecular formula is C27H23N3O3S. The van der Waals surface area contributed by atoms with Gasteiger partial charge in [0.25, 0.3) is 11.8 Å². The van der Waals surface area contributed by atoms with Crippen molar-refractivity contribution in [3.8, 4) is 0 Å². The molecule has 1 heterocycles. The average Bonchev–Trinajstić information content (AvgIpc) is 3.43. The highest BCUT2D eigenvalue weighted by atomic mass is 32.1. The maximum absolute atomic E-state index is 13.2. The predicted octanol–water partition coefficient (Wildman–Crippen LogP) is 4.78. The van der Waals surface area contributed by atoms with E-state index in [1.807, 2.05) is 23.6 Å². The van der Waals surface area contributed by atoms with Crippen LogP contribution in [-0.2, 0) is 10.4 Å². The molecule has 0 spiro atoms. The van der Waals surface area contributed by atoms with Crippen molar-refractivity contribution in [3.63, 3.8) is 0 Å². The Morgan fingerprint density at radius 3 is 1.94 bits per heavy atom. The molecule has 7 heteroatoms. The molecule has 2 amide bonds. The second-order valence-electron chi connectivity index (χ2n) is 7.59. The fraction of sp³-hybridized carbons (Fsp3) is 0.0741. The predicted molar refractivity (Wildman–Crippen MR) is 135 cm³/mol. The van der Waals surface area contributed by atoms with Crippen LogP contribution in [-0.4, -0.2) is 22.6 Å². The molecule has 0 aliphatic heterocycles. The first-order valence-corrected chi connectivity index (χ1v) is 11.5. The third kappa shape index (κ3) is 4.96. The van der Waals surface area contributed by atoms with Crippen LogP contribution in [0.4, 0.5) is 5.69 Å². The summed E-state index contributed by atoms with van der Waals surface area (Å²) >= 11 is 1.37. The van der Waals surface area contributed by atoms with Crippen molar-refractivity contribution < 1.29 is 14.7 Å². The third-order valence-electron chi connectivity index (χ3n) is 5.34. The lowest BCUT2D eigenvalue weighted by molar-refractivity contribution is -0.136. The zero-order valence-electron chi connectivity index (χ0n) is 18.4. The Morgan fingerprint density at radius 1 is 0.824 bits per heavy atom. The van der Waals surface area contributed by atoms with Crippen molar-refractivity contribution in [1.82, 2.24) is 5.43 Å². The summed E-state index contributed by atoms with van der Waals surface area (Å²) in [5.74, 6) is -0.828. The van der Waals surface area contributed by atoms with Crippen molar-refractivity contribution in [2.45, 2.75) is 12.5 Å². The van der Waals surface area contributed by atoms with Gasteiger partial charge in [-0.25, -0.2) is 5.43 Å². The Bertz CT molecular complexity index is 1250. The molecule has 1 aromatic heterocycles. The van der Waals surface area contributed by atoms with Gasteiger partial charge < -0.3 is 10.4 Å². The Hall–Kier alpha value is -4.07. The van der Waals surface area contributed by atoms with Crippen LogP contribution in [0.25, 0.3) is 0 Å². The third-order valence-corrected chi connectivity index (χ3v) is 6.21. The van der Waals surface area contributed by atoms with E-state index in [-0.39, 0.29) is 5.91 Å². The Balaban J connectivity index is 1.50. The van der Waals surface area contributed by atoms with Crippen LogP contribution in [0.5, 0.6) is 0 Å². The lowest BCUT2D eigenvalue weighted by atomic mass is 9.85.